The molecule has 0 aromatic rings. The van der Waals surface area contributed by atoms with Crippen LogP contribution < -0.4 is 5.73 Å². The first-order valence-electron chi connectivity index (χ1n) is 6.72. The van der Waals surface area contributed by atoms with Crippen LogP contribution in [0.1, 0.15) is 58.3 Å². The summed E-state index contributed by atoms with van der Waals surface area (Å²) in [5.74, 6) is -0.878. The second-order valence-corrected chi connectivity index (χ2v) is 5.58. The van der Waals surface area contributed by atoms with Crippen molar-refractivity contribution in [1.82, 2.24) is 0 Å². The highest BCUT2D eigenvalue weighted by Gasteiger charge is 2.13. The highest BCUT2D eigenvalue weighted by Crippen LogP contribution is 2.13. The summed E-state index contributed by atoms with van der Waals surface area (Å²) in [5.41, 5.74) is 5.32. The molecule has 0 unspecified atom stereocenters. The third-order valence-electron chi connectivity index (χ3n) is 2.73. The van der Waals surface area contributed by atoms with Gasteiger partial charge in [-0.15, -0.1) is 0 Å². The topological polar surface area (TPSA) is 80.4 Å². The van der Waals surface area contributed by atoms with Crippen LogP contribution in [0.15, 0.2) is 0 Å². The van der Waals surface area contributed by atoms with Gasteiger partial charge in [0.15, 0.2) is 5.12 Å². The minimum absolute atomic E-state index is 0.0558. The second-order valence-electron chi connectivity index (χ2n) is 4.50. The van der Waals surface area contributed by atoms with Gasteiger partial charge >= 0.3 is 5.97 Å². The molecular formula is C13H25NO3S. The van der Waals surface area contributed by atoms with E-state index in [1.165, 1.54) is 32.1 Å². The maximum absolute atomic E-state index is 11.4. The number of nitrogens with two attached hydrogens (primary N) is 1. The molecule has 0 rings (SSSR count). The molecule has 0 radical (unpaired) electrons. The largest absolute Gasteiger partial charge is 0.480 e. The summed E-state index contributed by atoms with van der Waals surface area (Å²) in [6, 6.07) is -0.937. The standard InChI is InChI=1S/C13H25NO3S/c1-2-3-4-5-6-7-8-9-12(15)18-10-11(14)13(16)17/h11H,2-10,14H2,1H3,(H,16,17)/t11-/m0/s1. The predicted molar refractivity (Wildman–Crippen MR) is 75.7 cm³/mol. The van der Waals surface area contributed by atoms with Crippen LogP contribution in [0.25, 0.3) is 0 Å². The number of thioether (sulfide) groups is 1. The molecule has 1 atom stereocenters. The lowest BCUT2D eigenvalue weighted by Gasteiger charge is -2.05. The van der Waals surface area contributed by atoms with Crippen LogP contribution in [0.3, 0.4) is 0 Å². The van der Waals surface area contributed by atoms with Crippen molar-refractivity contribution in [3.05, 3.63) is 0 Å². The normalized spacial score (nSPS) is 12.3. The minimum atomic E-state index is -1.05. The maximum Gasteiger partial charge on any atom is 0.321 e. The molecule has 0 saturated carbocycles. The van der Waals surface area contributed by atoms with Crippen molar-refractivity contribution in [3.8, 4) is 0 Å². The van der Waals surface area contributed by atoms with E-state index >= 15 is 0 Å². The molecule has 0 fully saturated rings. The van der Waals surface area contributed by atoms with E-state index in [9.17, 15) is 9.59 Å². The lowest BCUT2D eigenvalue weighted by atomic mass is 10.1. The molecule has 0 aliphatic carbocycles. The monoisotopic (exact) mass is 275 g/mol. The predicted octanol–water partition coefficient (Wildman–Crippen LogP) is 2.80. The van der Waals surface area contributed by atoms with E-state index < -0.39 is 12.0 Å². The number of hydrogen-bond donors (Lipinski definition) is 2. The van der Waals surface area contributed by atoms with Gasteiger partial charge in [0.25, 0.3) is 0 Å². The van der Waals surface area contributed by atoms with Crippen molar-refractivity contribution in [3.63, 3.8) is 0 Å². The zero-order valence-electron chi connectivity index (χ0n) is 11.2. The molecule has 0 aromatic carbocycles. The Morgan fingerprint density at radius 2 is 1.67 bits per heavy atom. The van der Waals surface area contributed by atoms with Crippen molar-refractivity contribution in [2.45, 2.75) is 64.3 Å². The molecule has 0 aliphatic heterocycles. The van der Waals surface area contributed by atoms with Gasteiger partial charge in [-0.2, -0.15) is 0 Å². The van der Waals surface area contributed by atoms with Gasteiger partial charge in [-0.1, -0.05) is 57.2 Å². The third kappa shape index (κ3) is 10.6. The average Bonchev–Trinajstić information content (AvgIpc) is 2.34. The summed E-state index contributed by atoms with van der Waals surface area (Å²) >= 11 is 1.04. The first-order chi connectivity index (χ1) is 8.57. The fraction of sp³-hybridized carbons (Fsp3) is 0.846. The van der Waals surface area contributed by atoms with Crippen molar-refractivity contribution in [2.24, 2.45) is 5.73 Å². The SMILES string of the molecule is CCCCCCCCCC(=O)SC[C@H](N)C(=O)O. The van der Waals surface area contributed by atoms with Crippen LogP contribution >= 0.6 is 11.8 Å². The first-order valence-corrected chi connectivity index (χ1v) is 7.70. The Morgan fingerprint density at radius 1 is 1.11 bits per heavy atom. The van der Waals surface area contributed by atoms with Crippen molar-refractivity contribution < 1.29 is 14.7 Å². The lowest BCUT2D eigenvalue weighted by molar-refractivity contribution is -0.137. The Bertz CT molecular complexity index is 246. The average molecular weight is 275 g/mol. The Labute approximate surface area is 114 Å². The number of carbonyl (C=O) groups is 2. The van der Waals surface area contributed by atoms with Gasteiger partial charge in [-0.3, -0.25) is 9.59 Å². The number of aliphatic carboxylic acids is 1. The molecule has 0 spiro atoms. The molecule has 0 amide bonds. The molecule has 4 nitrogen and oxygen atoms in total. The van der Waals surface area contributed by atoms with Crippen LogP contribution in [0, 0.1) is 0 Å². The molecule has 0 heterocycles. The molecule has 0 bridgehead atoms. The van der Waals surface area contributed by atoms with Gasteiger partial charge in [0, 0.05) is 12.2 Å². The number of hydrogen-bond acceptors (Lipinski definition) is 4. The molecule has 0 aromatic heterocycles. The summed E-state index contributed by atoms with van der Waals surface area (Å²) in [5, 5.41) is 8.62. The fourth-order valence-electron chi connectivity index (χ4n) is 1.55. The Morgan fingerprint density at radius 3 is 2.22 bits per heavy atom. The van der Waals surface area contributed by atoms with Gasteiger partial charge in [0.1, 0.15) is 6.04 Å². The van der Waals surface area contributed by atoms with Gasteiger partial charge in [-0.25, -0.2) is 0 Å². The van der Waals surface area contributed by atoms with Crippen molar-refractivity contribution >= 4 is 22.8 Å². The van der Waals surface area contributed by atoms with E-state index in [-0.39, 0.29) is 10.9 Å². The molecule has 5 heteroatoms. The minimum Gasteiger partial charge on any atom is -0.480 e. The smallest absolute Gasteiger partial charge is 0.321 e. The molecule has 106 valence electrons. The molecular weight excluding hydrogens is 250 g/mol. The molecule has 0 saturated heterocycles. The van der Waals surface area contributed by atoms with Crippen LogP contribution in [-0.2, 0) is 9.59 Å². The fourth-order valence-corrected chi connectivity index (χ4v) is 2.35. The highest BCUT2D eigenvalue weighted by atomic mass is 32.2. The van der Waals surface area contributed by atoms with Gasteiger partial charge in [-0.05, 0) is 6.42 Å². The van der Waals surface area contributed by atoms with E-state index in [2.05, 4.69) is 6.92 Å². The van der Waals surface area contributed by atoms with Crippen LogP contribution in [0.5, 0.6) is 0 Å². The molecule has 0 aliphatic rings. The molecule has 18 heavy (non-hydrogen) atoms. The Balaban J connectivity index is 3.35. The summed E-state index contributed by atoms with van der Waals surface area (Å²) in [6.07, 6.45) is 8.78. The van der Waals surface area contributed by atoms with Gasteiger partial charge < -0.3 is 10.8 Å². The summed E-state index contributed by atoms with van der Waals surface area (Å²) in [7, 11) is 0. The zero-order chi connectivity index (χ0) is 13.8. The first kappa shape index (κ1) is 17.4. The zero-order valence-corrected chi connectivity index (χ0v) is 12.0. The van der Waals surface area contributed by atoms with Crippen molar-refractivity contribution in [1.29, 1.82) is 0 Å². The summed E-state index contributed by atoms with van der Waals surface area (Å²) in [4.78, 5) is 21.9. The van der Waals surface area contributed by atoms with E-state index in [1.54, 1.807) is 0 Å². The quantitative estimate of drug-likeness (QED) is 0.567. The number of rotatable bonds is 11. The Hall–Kier alpha value is -0.550. The molecule has 3 N–H and O–H groups in total. The summed E-state index contributed by atoms with van der Waals surface area (Å²) < 4.78 is 0. The summed E-state index contributed by atoms with van der Waals surface area (Å²) in [6.45, 7) is 2.19. The van der Waals surface area contributed by atoms with E-state index in [0.717, 1.165) is 24.6 Å². The van der Waals surface area contributed by atoms with Crippen LogP contribution in [-0.4, -0.2) is 28.0 Å². The maximum atomic E-state index is 11.4. The Kier molecular flexibility index (Phi) is 11.2. The highest BCUT2D eigenvalue weighted by molar-refractivity contribution is 8.13. The van der Waals surface area contributed by atoms with E-state index in [1.807, 2.05) is 0 Å². The van der Waals surface area contributed by atoms with Crippen molar-refractivity contribution in [2.75, 3.05) is 5.75 Å². The number of unbranched alkanes of at least 4 members (excludes halogenated alkanes) is 6. The number of carboxylic acids is 1. The number of carbonyl (C=O) groups excluding carboxylic acids is 1. The lowest BCUT2D eigenvalue weighted by Crippen LogP contribution is -2.32. The van der Waals surface area contributed by atoms with Gasteiger partial charge in [0.05, 0.1) is 0 Å². The van der Waals surface area contributed by atoms with Gasteiger partial charge in [0.2, 0.25) is 0 Å². The number of carboxylic acid groups (broad SMARTS) is 1. The second kappa shape index (κ2) is 11.5. The third-order valence-corrected chi connectivity index (χ3v) is 3.78. The van der Waals surface area contributed by atoms with Crippen LogP contribution in [0.2, 0.25) is 0 Å². The van der Waals surface area contributed by atoms with Crippen LogP contribution in [0.4, 0.5) is 0 Å². The van der Waals surface area contributed by atoms with E-state index in [4.69, 9.17) is 10.8 Å². The van der Waals surface area contributed by atoms with E-state index in [0.29, 0.717) is 6.42 Å².